The van der Waals surface area contributed by atoms with Crippen molar-refractivity contribution in [2.45, 2.75) is 18.3 Å². The molecule has 1 saturated heterocycles. The minimum atomic E-state index is -4.96. The predicted octanol–water partition coefficient (Wildman–Crippen LogP) is 4.67. The molecule has 166 valence electrons. The fraction of sp³-hybridized carbons (Fsp3) is 0.300. The van der Waals surface area contributed by atoms with Gasteiger partial charge in [0.25, 0.3) is 0 Å². The van der Waals surface area contributed by atoms with Gasteiger partial charge in [-0.15, -0.1) is 0 Å². The van der Waals surface area contributed by atoms with Gasteiger partial charge in [-0.1, -0.05) is 12.1 Å². The second-order valence-corrected chi connectivity index (χ2v) is 7.10. The van der Waals surface area contributed by atoms with Gasteiger partial charge in [-0.2, -0.15) is 26.3 Å². The Bertz CT molecular complexity index is 1000. The number of nitrogens with one attached hydrogen (secondary N) is 1. The van der Waals surface area contributed by atoms with Crippen LogP contribution in [0.3, 0.4) is 0 Å². The molecule has 0 radical (unpaired) electrons. The van der Waals surface area contributed by atoms with Crippen LogP contribution in [-0.2, 0) is 21.9 Å². The van der Waals surface area contributed by atoms with Crippen LogP contribution in [0.1, 0.15) is 22.6 Å². The molecule has 2 amide bonds. The monoisotopic (exact) mass is 448 g/mol. The van der Waals surface area contributed by atoms with E-state index in [9.17, 15) is 40.3 Å². The van der Waals surface area contributed by atoms with Crippen molar-refractivity contribution in [3.63, 3.8) is 0 Å². The van der Waals surface area contributed by atoms with E-state index in [2.05, 4.69) is 0 Å². The molecule has 4 nitrogen and oxygen atoms in total. The van der Waals surface area contributed by atoms with E-state index < -0.39 is 58.6 Å². The first-order valence-corrected chi connectivity index (χ1v) is 8.89. The summed E-state index contributed by atoms with van der Waals surface area (Å²) in [6.07, 6.45) is -9.54. The van der Waals surface area contributed by atoms with Crippen LogP contribution >= 0.6 is 0 Å². The molecule has 0 aromatic heterocycles. The number of hydrogen-bond donors (Lipinski definition) is 1. The summed E-state index contributed by atoms with van der Waals surface area (Å²) in [5, 5.41) is 2.02. The van der Waals surface area contributed by atoms with Gasteiger partial charge in [-0.05, 0) is 35.9 Å². The molecule has 1 N–H and O–H groups in total. The quantitative estimate of drug-likeness (QED) is 0.548. The molecule has 1 aliphatic rings. The Hall–Kier alpha value is -3.11. The summed E-state index contributed by atoms with van der Waals surface area (Å²) in [7, 11) is 1.37. The number of halogens is 7. The van der Waals surface area contributed by atoms with E-state index >= 15 is 0 Å². The molecule has 0 bridgehead atoms. The minimum Gasteiger partial charge on any atom is -0.344 e. The van der Waals surface area contributed by atoms with Crippen molar-refractivity contribution in [3.05, 3.63) is 65.0 Å². The Morgan fingerprint density at radius 1 is 1.00 bits per heavy atom. The summed E-state index contributed by atoms with van der Waals surface area (Å²) < 4.78 is 91.2. The highest BCUT2D eigenvalue weighted by molar-refractivity contribution is 6.08. The average molecular weight is 448 g/mol. The van der Waals surface area contributed by atoms with Crippen LogP contribution in [0, 0.1) is 11.7 Å². The number of rotatable bonds is 3. The van der Waals surface area contributed by atoms with Crippen LogP contribution in [0.2, 0.25) is 0 Å². The summed E-state index contributed by atoms with van der Waals surface area (Å²) in [5.41, 5.74) is -2.82. The zero-order valence-electron chi connectivity index (χ0n) is 15.8. The summed E-state index contributed by atoms with van der Waals surface area (Å²) in [5.74, 6) is -5.28. The molecular formula is C20H15F7N2O2. The maximum Gasteiger partial charge on any atom is 0.418 e. The first kappa shape index (κ1) is 22.6. The van der Waals surface area contributed by atoms with Gasteiger partial charge in [-0.3, -0.25) is 9.59 Å². The highest BCUT2D eigenvalue weighted by atomic mass is 19.4. The minimum absolute atomic E-state index is 0.0160. The lowest BCUT2D eigenvalue weighted by atomic mass is 9.87. The van der Waals surface area contributed by atoms with E-state index in [-0.39, 0.29) is 18.2 Å². The normalized spacial score (nSPS) is 19.6. The van der Waals surface area contributed by atoms with Gasteiger partial charge in [0.1, 0.15) is 11.7 Å². The van der Waals surface area contributed by atoms with Gasteiger partial charge in [0.05, 0.1) is 16.8 Å². The SMILES string of the molecule is CN1C[C@@H](c2ccc(C(F)(F)F)cc2)[C@H](C(=O)Nc2ccc(F)cc2C(F)(F)F)C1=O. The van der Waals surface area contributed by atoms with Crippen LogP contribution in [0.4, 0.5) is 36.4 Å². The number of carbonyl (C=O) groups is 2. The summed E-state index contributed by atoms with van der Waals surface area (Å²) in [6.45, 7) is -0.0160. The fourth-order valence-electron chi connectivity index (χ4n) is 3.48. The third-order valence-corrected chi connectivity index (χ3v) is 5.01. The summed E-state index contributed by atoms with van der Waals surface area (Å²) in [6, 6.07) is 5.51. The van der Waals surface area contributed by atoms with Gasteiger partial charge < -0.3 is 10.2 Å². The molecule has 1 heterocycles. The Labute approximate surface area is 171 Å². The summed E-state index contributed by atoms with van der Waals surface area (Å²) in [4.78, 5) is 26.4. The number of nitrogens with zero attached hydrogens (tertiary/aromatic N) is 1. The fourth-order valence-corrected chi connectivity index (χ4v) is 3.48. The predicted molar refractivity (Wildman–Crippen MR) is 95.3 cm³/mol. The van der Waals surface area contributed by atoms with Crippen LogP contribution in [0.15, 0.2) is 42.5 Å². The number of alkyl halides is 6. The number of benzene rings is 2. The molecule has 2 aromatic rings. The van der Waals surface area contributed by atoms with Crippen LogP contribution in [0.25, 0.3) is 0 Å². The Morgan fingerprint density at radius 2 is 1.61 bits per heavy atom. The molecule has 3 rings (SSSR count). The molecule has 11 heteroatoms. The molecule has 31 heavy (non-hydrogen) atoms. The van der Waals surface area contributed by atoms with Crippen molar-refractivity contribution in [3.8, 4) is 0 Å². The van der Waals surface area contributed by atoms with Crippen molar-refractivity contribution >= 4 is 17.5 Å². The Balaban J connectivity index is 1.91. The maximum absolute atomic E-state index is 13.3. The zero-order valence-corrected chi connectivity index (χ0v) is 15.8. The first-order chi connectivity index (χ1) is 14.3. The number of amides is 2. The lowest BCUT2D eigenvalue weighted by Gasteiger charge is -2.19. The van der Waals surface area contributed by atoms with Gasteiger partial charge in [0.2, 0.25) is 11.8 Å². The molecule has 2 aromatic carbocycles. The van der Waals surface area contributed by atoms with Gasteiger partial charge >= 0.3 is 12.4 Å². The molecule has 0 saturated carbocycles. The van der Waals surface area contributed by atoms with Gasteiger partial charge in [0.15, 0.2) is 0 Å². The van der Waals surface area contributed by atoms with E-state index in [1.54, 1.807) is 0 Å². The lowest BCUT2D eigenvalue weighted by molar-refractivity contribution is -0.138. The first-order valence-electron chi connectivity index (χ1n) is 8.89. The van der Waals surface area contributed by atoms with Crippen molar-refractivity contribution < 1.29 is 40.3 Å². The van der Waals surface area contributed by atoms with E-state index in [4.69, 9.17) is 0 Å². The highest BCUT2D eigenvalue weighted by Gasteiger charge is 2.45. The van der Waals surface area contributed by atoms with E-state index in [0.29, 0.717) is 0 Å². The van der Waals surface area contributed by atoms with Crippen molar-refractivity contribution in [1.82, 2.24) is 4.90 Å². The lowest BCUT2D eigenvalue weighted by Crippen LogP contribution is -2.33. The third-order valence-electron chi connectivity index (χ3n) is 5.01. The highest BCUT2D eigenvalue weighted by Crippen LogP contribution is 2.38. The second kappa shape index (κ2) is 7.86. The number of anilines is 1. The number of carbonyl (C=O) groups excluding carboxylic acids is 2. The number of likely N-dealkylation sites (N-methyl/N-ethyl adjacent to an activating group) is 1. The second-order valence-electron chi connectivity index (χ2n) is 7.10. The number of likely N-dealkylation sites (tertiary alicyclic amines) is 1. The topological polar surface area (TPSA) is 49.4 Å². The van der Waals surface area contributed by atoms with E-state index in [1.165, 1.54) is 11.9 Å². The molecule has 0 spiro atoms. The van der Waals surface area contributed by atoms with Crippen molar-refractivity contribution in [2.24, 2.45) is 5.92 Å². The van der Waals surface area contributed by atoms with Crippen molar-refractivity contribution in [1.29, 1.82) is 0 Å². The Kier molecular flexibility index (Phi) is 5.72. The van der Waals surface area contributed by atoms with Gasteiger partial charge in [-0.25, -0.2) is 4.39 Å². The van der Waals surface area contributed by atoms with Crippen molar-refractivity contribution in [2.75, 3.05) is 18.9 Å². The van der Waals surface area contributed by atoms with Gasteiger partial charge in [0, 0.05) is 19.5 Å². The smallest absolute Gasteiger partial charge is 0.344 e. The standard InChI is InChI=1S/C20H15F7N2O2/c1-29-9-13(10-2-4-11(5-3-10)19(22,23)24)16(18(29)31)17(30)28-15-7-6-12(21)8-14(15)20(25,26)27/h2-8,13,16H,9H2,1H3,(H,28,30)/t13-,16+/m0/s1. The van der Waals surface area contributed by atoms with Crippen LogP contribution in [-0.4, -0.2) is 30.3 Å². The molecule has 0 aliphatic carbocycles. The molecular weight excluding hydrogens is 433 g/mol. The summed E-state index contributed by atoms with van der Waals surface area (Å²) >= 11 is 0. The zero-order chi connectivity index (χ0) is 23.1. The van der Waals surface area contributed by atoms with E-state index in [1.807, 2.05) is 5.32 Å². The molecule has 2 atom stereocenters. The average Bonchev–Trinajstić information content (AvgIpc) is 2.96. The van der Waals surface area contributed by atoms with Crippen LogP contribution < -0.4 is 5.32 Å². The largest absolute Gasteiger partial charge is 0.418 e. The molecule has 1 aliphatic heterocycles. The third kappa shape index (κ3) is 4.64. The van der Waals surface area contributed by atoms with E-state index in [0.717, 1.165) is 36.4 Å². The number of hydrogen-bond acceptors (Lipinski definition) is 2. The maximum atomic E-state index is 13.3. The molecule has 0 unspecified atom stereocenters. The van der Waals surface area contributed by atoms with Crippen LogP contribution in [0.5, 0.6) is 0 Å². The molecule has 1 fully saturated rings. The Morgan fingerprint density at radius 3 is 2.16 bits per heavy atom.